The van der Waals surface area contributed by atoms with Gasteiger partial charge in [0, 0.05) is 0 Å². The molecule has 0 aromatic carbocycles. The highest BCUT2D eigenvalue weighted by Crippen LogP contribution is 1.78. The van der Waals surface area contributed by atoms with E-state index in [-0.39, 0.29) is 0 Å². The molecule has 0 N–H and O–H groups in total. The summed E-state index contributed by atoms with van der Waals surface area (Å²) < 4.78 is 0. The molecule has 0 spiro atoms. The zero-order valence-electron chi connectivity index (χ0n) is 2.96. The van der Waals surface area contributed by atoms with Gasteiger partial charge in [-0.2, -0.15) is 0 Å². The highest BCUT2D eigenvalue weighted by Gasteiger charge is 1.73. The quantitative estimate of drug-likeness (QED) is 0.286. The van der Waals surface area contributed by atoms with Crippen molar-refractivity contribution in [3.8, 4) is 0 Å². The molecule has 2 heteroatoms. The van der Waals surface area contributed by atoms with Crippen LogP contribution >= 0.6 is 11.6 Å². The SMILES string of the molecule is BC(C)Cl. The minimum Gasteiger partial charge on any atom is -0.133 e. The van der Waals surface area contributed by atoms with Crippen LogP contribution in [0.15, 0.2) is 0 Å². The van der Waals surface area contributed by atoms with Gasteiger partial charge in [-0.3, -0.25) is 0 Å². The Labute approximate surface area is 32.6 Å². The van der Waals surface area contributed by atoms with E-state index in [1.807, 2.05) is 14.8 Å². The predicted molar refractivity (Wildman–Crippen MR) is 23.9 cm³/mol. The van der Waals surface area contributed by atoms with Gasteiger partial charge in [0.05, 0.1) is 0 Å². The maximum absolute atomic E-state index is 5.27. The van der Waals surface area contributed by atoms with Crippen molar-refractivity contribution < 1.29 is 0 Å². The van der Waals surface area contributed by atoms with Gasteiger partial charge in [0.25, 0.3) is 0 Å². The monoisotopic (exact) mass is 76.0 g/mol. The average Bonchev–Trinajstić information content (AvgIpc) is 0.811. The van der Waals surface area contributed by atoms with Crippen molar-refractivity contribution in [2.45, 2.75) is 12.2 Å². The molecule has 0 saturated heterocycles. The molecule has 0 aromatic rings. The molecule has 1 atom stereocenters. The lowest BCUT2D eigenvalue weighted by Gasteiger charge is -1.75. The van der Waals surface area contributed by atoms with Crippen LogP contribution in [0.3, 0.4) is 0 Å². The summed E-state index contributed by atoms with van der Waals surface area (Å²) in [6, 6.07) is 0. The van der Waals surface area contributed by atoms with E-state index in [1.165, 1.54) is 0 Å². The molecule has 0 fully saturated rings. The lowest BCUT2D eigenvalue weighted by molar-refractivity contribution is 1.38. The molecule has 0 bridgehead atoms. The molecule has 24 valence electrons. The van der Waals surface area contributed by atoms with E-state index in [0.717, 1.165) is 0 Å². The largest absolute Gasteiger partial charge is 0.133 e. The van der Waals surface area contributed by atoms with Crippen LogP contribution < -0.4 is 0 Å². The lowest BCUT2D eigenvalue weighted by Crippen LogP contribution is -1.81. The van der Waals surface area contributed by atoms with Crippen LogP contribution in [0, 0.1) is 0 Å². The van der Waals surface area contributed by atoms with Gasteiger partial charge in [0.2, 0.25) is 0 Å². The summed E-state index contributed by atoms with van der Waals surface area (Å²) in [5.41, 5.74) is 0. The maximum Gasteiger partial charge on any atom is 0.124 e. The van der Waals surface area contributed by atoms with Crippen LogP contribution in [0.5, 0.6) is 0 Å². The van der Waals surface area contributed by atoms with Crippen LogP contribution in [0.2, 0.25) is 0 Å². The molecule has 0 amide bonds. The second-order valence-electron chi connectivity index (χ2n) is 1.01. The highest BCUT2D eigenvalue weighted by molar-refractivity contribution is 6.40. The standard InChI is InChI=1S/C2H6BCl/c1-2(3)4/h2H,3H2,1H3. The first kappa shape index (κ1) is 4.35. The zero-order chi connectivity index (χ0) is 3.58. The normalized spacial score (nSPS) is 15.5. The number of hydrogen-bond acceptors (Lipinski definition) is 0. The Balaban J connectivity index is 2.32. The van der Waals surface area contributed by atoms with Gasteiger partial charge in [-0.25, -0.2) is 0 Å². The van der Waals surface area contributed by atoms with Crippen LogP contribution in [-0.4, -0.2) is 13.1 Å². The van der Waals surface area contributed by atoms with Crippen molar-refractivity contribution in [2.24, 2.45) is 0 Å². The third kappa shape index (κ3) is 34.3. The molecule has 0 aliphatic carbocycles. The molecule has 0 aliphatic heterocycles. The molecule has 0 heterocycles. The minimum absolute atomic E-state index is 0.306. The van der Waals surface area contributed by atoms with Crippen LogP contribution in [0.25, 0.3) is 0 Å². The molecular formula is C2H6BCl. The molecular weight excluding hydrogens is 70.3 g/mol. The first-order valence-corrected chi connectivity index (χ1v) is 1.81. The molecule has 0 aromatic heterocycles. The Kier molecular flexibility index (Phi) is 1.80. The molecule has 0 rings (SSSR count). The topological polar surface area (TPSA) is 0 Å². The van der Waals surface area contributed by atoms with Gasteiger partial charge in [-0.15, -0.1) is 11.6 Å². The van der Waals surface area contributed by atoms with Gasteiger partial charge in [0.15, 0.2) is 0 Å². The van der Waals surface area contributed by atoms with Crippen LogP contribution in [0.4, 0.5) is 0 Å². The Bertz CT molecular complexity index is 10.8. The van der Waals surface area contributed by atoms with Crippen molar-refractivity contribution >= 4 is 19.4 Å². The van der Waals surface area contributed by atoms with E-state index < -0.39 is 0 Å². The van der Waals surface area contributed by atoms with Crippen molar-refractivity contribution in [2.75, 3.05) is 0 Å². The fourth-order valence-electron chi connectivity index (χ4n) is 0. The summed E-state index contributed by atoms with van der Waals surface area (Å²) in [5, 5.41) is 0.306. The average molecular weight is 76.3 g/mol. The molecule has 0 saturated carbocycles. The molecule has 1 unspecified atom stereocenters. The summed E-state index contributed by atoms with van der Waals surface area (Å²) in [4.78, 5) is 0. The van der Waals surface area contributed by atoms with E-state index in [4.69, 9.17) is 11.6 Å². The third-order valence-electron chi connectivity index (χ3n) is 0. The first-order chi connectivity index (χ1) is 1.73. The smallest absolute Gasteiger partial charge is 0.124 e. The Hall–Kier alpha value is 0.355. The molecule has 0 radical (unpaired) electrons. The number of rotatable bonds is 0. The van der Waals surface area contributed by atoms with Crippen molar-refractivity contribution in [1.82, 2.24) is 0 Å². The first-order valence-electron chi connectivity index (χ1n) is 1.37. The van der Waals surface area contributed by atoms with E-state index in [2.05, 4.69) is 0 Å². The van der Waals surface area contributed by atoms with E-state index >= 15 is 0 Å². The molecule has 0 nitrogen and oxygen atoms in total. The lowest BCUT2D eigenvalue weighted by atomic mass is 10.1. The van der Waals surface area contributed by atoms with E-state index in [1.54, 1.807) is 0 Å². The van der Waals surface area contributed by atoms with Gasteiger partial charge in [0.1, 0.15) is 7.85 Å². The fraction of sp³-hybridized carbons (Fsp3) is 1.00. The zero-order valence-corrected chi connectivity index (χ0v) is 3.71. The maximum atomic E-state index is 5.27. The second-order valence-corrected chi connectivity index (χ2v) is 1.89. The van der Waals surface area contributed by atoms with Gasteiger partial charge in [-0.05, 0) is 5.28 Å². The number of halogens is 1. The van der Waals surface area contributed by atoms with Crippen LogP contribution in [0.1, 0.15) is 6.92 Å². The van der Waals surface area contributed by atoms with Crippen molar-refractivity contribution in [1.29, 1.82) is 0 Å². The number of alkyl halides is 1. The van der Waals surface area contributed by atoms with Gasteiger partial charge < -0.3 is 0 Å². The van der Waals surface area contributed by atoms with Crippen molar-refractivity contribution in [3.05, 3.63) is 0 Å². The fourth-order valence-corrected chi connectivity index (χ4v) is 0. The highest BCUT2D eigenvalue weighted by atomic mass is 35.5. The predicted octanol–water partition coefficient (Wildman–Crippen LogP) is 0.204. The van der Waals surface area contributed by atoms with Gasteiger partial charge >= 0.3 is 0 Å². The number of hydrogen-bond donors (Lipinski definition) is 0. The Morgan fingerprint density at radius 2 is 2.00 bits per heavy atom. The summed E-state index contributed by atoms with van der Waals surface area (Å²) in [6.45, 7) is 1.93. The second kappa shape index (κ2) is 1.65. The Morgan fingerprint density at radius 3 is 2.00 bits per heavy atom. The summed E-state index contributed by atoms with van der Waals surface area (Å²) >= 11 is 5.27. The molecule has 0 aliphatic rings. The summed E-state index contributed by atoms with van der Waals surface area (Å²) in [6.07, 6.45) is 0. The van der Waals surface area contributed by atoms with Gasteiger partial charge in [-0.1, -0.05) is 6.92 Å². The Morgan fingerprint density at radius 1 is 2.00 bits per heavy atom. The van der Waals surface area contributed by atoms with Crippen LogP contribution in [-0.2, 0) is 0 Å². The summed E-state index contributed by atoms with van der Waals surface area (Å²) in [7, 11) is 1.93. The molecule has 4 heavy (non-hydrogen) atoms. The summed E-state index contributed by atoms with van der Waals surface area (Å²) in [5.74, 6) is 0. The van der Waals surface area contributed by atoms with Crippen molar-refractivity contribution in [3.63, 3.8) is 0 Å². The van der Waals surface area contributed by atoms with E-state index in [0.29, 0.717) is 5.28 Å². The van der Waals surface area contributed by atoms with E-state index in [9.17, 15) is 0 Å². The minimum atomic E-state index is 0.306. The third-order valence-corrected chi connectivity index (χ3v) is 0.